The summed E-state index contributed by atoms with van der Waals surface area (Å²) in [5.74, 6) is 0.611. The molecule has 0 saturated carbocycles. The molecule has 1 heterocycles. The van der Waals surface area contributed by atoms with Crippen LogP contribution in [0, 0.1) is 6.92 Å². The molecule has 0 spiro atoms. The van der Waals surface area contributed by atoms with Crippen molar-refractivity contribution in [2.45, 2.75) is 11.8 Å². The van der Waals surface area contributed by atoms with Crippen molar-refractivity contribution in [3.63, 3.8) is 0 Å². The molecule has 0 unspecified atom stereocenters. The van der Waals surface area contributed by atoms with Gasteiger partial charge in [-0.15, -0.1) is 0 Å². The number of aryl methyl sites for hydroxylation is 1. The molecule has 0 saturated heterocycles. The number of anilines is 1. The first kappa shape index (κ1) is 17.5. The molecular weight excluding hydrogens is 368 g/mol. The van der Waals surface area contributed by atoms with Gasteiger partial charge in [0, 0.05) is 16.8 Å². The van der Waals surface area contributed by atoms with Crippen molar-refractivity contribution in [1.82, 2.24) is 4.72 Å². The number of nitrogens with one attached hydrogen (secondary N) is 2. The lowest BCUT2D eigenvalue weighted by Crippen LogP contribution is -2.32. The molecule has 0 aliphatic carbocycles. The van der Waals surface area contributed by atoms with Gasteiger partial charge in [0.2, 0.25) is 22.7 Å². The Kier molecular flexibility index (Phi) is 4.85. The fourth-order valence-corrected chi connectivity index (χ4v) is 3.39. The van der Waals surface area contributed by atoms with Crippen LogP contribution in [-0.4, -0.2) is 27.7 Å². The summed E-state index contributed by atoms with van der Waals surface area (Å²) in [5, 5.41) is 3.07. The summed E-state index contributed by atoms with van der Waals surface area (Å²) in [4.78, 5) is 12.0. The highest BCUT2D eigenvalue weighted by Gasteiger charge is 2.17. The predicted molar refractivity (Wildman–Crippen MR) is 92.6 cm³/mol. The molecule has 1 aliphatic rings. The van der Waals surface area contributed by atoms with E-state index in [-0.39, 0.29) is 11.7 Å². The van der Waals surface area contributed by atoms with Crippen LogP contribution in [0.2, 0.25) is 5.02 Å². The van der Waals surface area contributed by atoms with Crippen LogP contribution in [0.4, 0.5) is 5.69 Å². The van der Waals surface area contributed by atoms with Gasteiger partial charge in [0.1, 0.15) is 0 Å². The zero-order valence-corrected chi connectivity index (χ0v) is 14.8. The Morgan fingerprint density at radius 3 is 2.68 bits per heavy atom. The zero-order chi connectivity index (χ0) is 18.0. The minimum absolute atomic E-state index is 0.0466. The van der Waals surface area contributed by atoms with Crippen molar-refractivity contribution in [2.24, 2.45) is 0 Å². The van der Waals surface area contributed by atoms with Crippen molar-refractivity contribution in [3.05, 3.63) is 47.0 Å². The lowest BCUT2D eigenvalue weighted by atomic mass is 10.2. The summed E-state index contributed by atoms with van der Waals surface area (Å²) in [6.07, 6.45) is 0. The van der Waals surface area contributed by atoms with Gasteiger partial charge >= 0.3 is 0 Å². The number of rotatable bonds is 5. The number of halogens is 1. The lowest BCUT2D eigenvalue weighted by Gasteiger charge is -2.09. The molecule has 2 aromatic carbocycles. The molecular formula is C16H15ClN2O5S. The van der Waals surface area contributed by atoms with Gasteiger partial charge in [0.05, 0.1) is 11.4 Å². The molecule has 0 aromatic heterocycles. The van der Waals surface area contributed by atoms with Crippen LogP contribution in [-0.2, 0) is 14.8 Å². The first-order chi connectivity index (χ1) is 11.8. The van der Waals surface area contributed by atoms with Crippen LogP contribution in [0.1, 0.15) is 5.56 Å². The lowest BCUT2D eigenvalue weighted by molar-refractivity contribution is -0.115. The third-order valence-corrected chi connectivity index (χ3v) is 5.34. The highest BCUT2D eigenvalue weighted by molar-refractivity contribution is 7.89. The van der Waals surface area contributed by atoms with E-state index in [4.69, 9.17) is 21.1 Å². The Hall–Kier alpha value is -2.29. The number of fused-ring (bicyclic) bond motifs is 1. The second kappa shape index (κ2) is 6.91. The molecule has 25 heavy (non-hydrogen) atoms. The fraction of sp³-hybridized carbons (Fsp3) is 0.188. The van der Waals surface area contributed by atoms with Crippen molar-refractivity contribution in [2.75, 3.05) is 18.7 Å². The van der Waals surface area contributed by atoms with E-state index in [0.29, 0.717) is 27.8 Å². The molecule has 2 aromatic rings. The topological polar surface area (TPSA) is 93.7 Å². The second-order valence-electron chi connectivity index (χ2n) is 5.35. The van der Waals surface area contributed by atoms with Crippen molar-refractivity contribution < 1.29 is 22.7 Å². The van der Waals surface area contributed by atoms with Crippen LogP contribution in [0.3, 0.4) is 0 Å². The molecule has 1 aliphatic heterocycles. The van der Waals surface area contributed by atoms with E-state index in [2.05, 4.69) is 10.0 Å². The highest BCUT2D eigenvalue weighted by atomic mass is 35.5. The standard InChI is InChI=1S/C16H15ClN2O5S/c1-10-6-12(3-4-13(10)17)25(21,22)18-8-16(20)19-11-2-5-14-15(7-11)24-9-23-14/h2-7,18H,8-9H2,1H3,(H,19,20). The van der Waals surface area contributed by atoms with Crippen molar-refractivity contribution >= 4 is 33.2 Å². The van der Waals surface area contributed by atoms with Gasteiger partial charge in [-0.3, -0.25) is 4.79 Å². The molecule has 7 nitrogen and oxygen atoms in total. The number of carbonyl (C=O) groups excluding carboxylic acids is 1. The maximum absolute atomic E-state index is 12.2. The zero-order valence-electron chi connectivity index (χ0n) is 13.2. The normalized spacial score (nSPS) is 12.9. The Morgan fingerprint density at radius 2 is 1.92 bits per heavy atom. The molecule has 3 rings (SSSR count). The van der Waals surface area contributed by atoms with E-state index >= 15 is 0 Å². The summed E-state index contributed by atoms with van der Waals surface area (Å²) in [7, 11) is -3.81. The van der Waals surface area contributed by atoms with Crippen LogP contribution in [0.25, 0.3) is 0 Å². The van der Waals surface area contributed by atoms with E-state index < -0.39 is 22.5 Å². The summed E-state index contributed by atoms with van der Waals surface area (Å²) in [5.41, 5.74) is 1.12. The third-order valence-electron chi connectivity index (χ3n) is 3.52. The molecule has 132 valence electrons. The molecule has 0 radical (unpaired) electrons. The molecule has 0 atom stereocenters. The van der Waals surface area contributed by atoms with Gasteiger partial charge in [-0.25, -0.2) is 13.1 Å². The largest absolute Gasteiger partial charge is 0.454 e. The van der Waals surface area contributed by atoms with E-state index in [1.54, 1.807) is 25.1 Å². The van der Waals surface area contributed by atoms with Gasteiger partial charge < -0.3 is 14.8 Å². The van der Waals surface area contributed by atoms with E-state index in [1.165, 1.54) is 18.2 Å². The number of amides is 1. The number of sulfonamides is 1. The summed E-state index contributed by atoms with van der Waals surface area (Å²) >= 11 is 5.89. The number of carbonyl (C=O) groups is 1. The van der Waals surface area contributed by atoms with Crippen LogP contribution in [0.15, 0.2) is 41.3 Å². The average Bonchev–Trinajstić information content (AvgIpc) is 3.03. The SMILES string of the molecule is Cc1cc(S(=O)(=O)NCC(=O)Nc2ccc3c(c2)OCO3)ccc1Cl. The minimum atomic E-state index is -3.81. The van der Waals surface area contributed by atoms with Crippen LogP contribution in [0.5, 0.6) is 11.5 Å². The third kappa shape index (κ3) is 4.04. The Bertz CT molecular complexity index is 930. The minimum Gasteiger partial charge on any atom is -0.454 e. The Morgan fingerprint density at radius 1 is 1.16 bits per heavy atom. The predicted octanol–water partition coefficient (Wildman–Crippen LogP) is 2.29. The first-order valence-electron chi connectivity index (χ1n) is 7.30. The van der Waals surface area contributed by atoms with Crippen LogP contribution < -0.4 is 19.5 Å². The summed E-state index contributed by atoms with van der Waals surface area (Å²) in [6.45, 7) is 1.43. The fourth-order valence-electron chi connectivity index (χ4n) is 2.21. The summed E-state index contributed by atoms with van der Waals surface area (Å²) in [6, 6.07) is 9.24. The monoisotopic (exact) mass is 382 g/mol. The van der Waals surface area contributed by atoms with E-state index in [0.717, 1.165) is 0 Å². The highest BCUT2D eigenvalue weighted by Crippen LogP contribution is 2.34. The maximum atomic E-state index is 12.2. The maximum Gasteiger partial charge on any atom is 0.241 e. The second-order valence-corrected chi connectivity index (χ2v) is 7.53. The van der Waals surface area contributed by atoms with Crippen LogP contribution >= 0.6 is 11.6 Å². The molecule has 0 fully saturated rings. The van der Waals surface area contributed by atoms with E-state index in [9.17, 15) is 13.2 Å². The molecule has 9 heteroatoms. The van der Waals surface area contributed by atoms with Gasteiger partial charge in [-0.1, -0.05) is 11.6 Å². The van der Waals surface area contributed by atoms with Gasteiger partial charge in [0.15, 0.2) is 11.5 Å². The summed E-state index contributed by atoms with van der Waals surface area (Å²) < 4.78 is 37.1. The number of hydrogen-bond donors (Lipinski definition) is 2. The quantitative estimate of drug-likeness (QED) is 0.827. The smallest absolute Gasteiger partial charge is 0.241 e. The van der Waals surface area contributed by atoms with Crippen molar-refractivity contribution in [1.29, 1.82) is 0 Å². The molecule has 0 bridgehead atoms. The van der Waals surface area contributed by atoms with Crippen molar-refractivity contribution in [3.8, 4) is 11.5 Å². The molecule has 2 N–H and O–H groups in total. The van der Waals surface area contributed by atoms with Gasteiger partial charge in [-0.05, 0) is 42.8 Å². The Labute approximate surface area is 149 Å². The van der Waals surface area contributed by atoms with Gasteiger partial charge in [0.25, 0.3) is 0 Å². The van der Waals surface area contributed by atoms with E-state index in [1.807, 2.05) is 0 Å². The number of hydrogen-bond acceptors (Lipinski definition) is 5. The number of benzene rings is 2. The number of ether oxygens (including phenoxy) is 2. The van der Waals surface area contributed by atoms with Gasteiger partial charge in [-0.2, -0.15) is 0 Å². The first-order valence-corrected chi connectivity index (χ1v) is 9.16. The Balaban J connectivity index is 1.62. The average molecular weight is 383 g/mol. The molecule has 1 amide bonds.